The SMILES string of the molecule is NC1CN(c2ccc(-c3ccc(CC(=O)N4CCNC(=O)C4)cc3Cl)cc2)C(=O)c2cncnc2O1. The largest absolute Gasteiger partial charge is 0.456 e. The molecule has 184 valence electrons. The number of nitrogens with one attached hydrogen (secondary N) is 1. The van der Waals surface area contributed by atoms with E-state index in [-0.39, 0.29) is 48.7 Å². The molecule has 2 aromatic carbocycles. The van der Waals surface area contributed by atoms with E-state index in [1.165, 1.54) is 17.4 Å². The van der Waals surface area contributed by atoms with Crippen LogP contribution in [0.4, 0.5) is 5.69 Å². The Bertz CT molecular complexity index is 1330. The Labute approximate surface area is 212 Å². The number of carbonyl (C=O) groups is 3. The van der Waals surface area contributed by atoms with Crippen LogP contribution in [0, 0.1) is 0 Å². The van der Waals surface area contributed by atoms with Gasteiger partial charge in [-0.15, -0.1) is 0 Å². The van der Waals surface area contributed by atoms with Crippen LogP contribution in [0.5, 0.6) is 5.88 Å². The third-order valence-corrected chi connectivity index (χ3v) is 6.36. The summed E-state index contributed by atoms with van der Waals surface area (Å²) in [5, 5.41) is 3.21. The molecule has 3 aromatic rings. The van der Waals surface area contributed by atoms with Gasteiger partial charge in [-0.2, -0.15) is 0 Å². The van der Waals surface area contributed by atoms with E-state index in [0.29, 0.717) is 23.8 Å². The molecular weight excluding hydrogens is 484 g/mol. The van der Waals surface area contributed by atoms with Crippen molar-refractivity contribution in [3.8, 4) is 17.0 Å². The Kier molecular flexibility index (Phi) is 6.53. The van der Waals surface area contributed by atoms with Crippen LogP contribution in [-0.2, 0) is 16.0 Å². The van der Waals surface area contributed by atoms with E-state index in [9.17, 15) is 14.4 Å². The number of aromatic nitrogens is 2. The number of nitrogens with two attached hydrogens (primary N) is 1. The molecule has 1 saturated heterocycles. The summed E-state index contributed by atoms with van der Waals surface area (Å²) in [5.74, 6) is -0.408. The molecule has 2 aliphatic rings. The fourth-order valence-corrected chi connectivity index (χ4v) is 4.54. The van der Waals surface area contributed by atoms with Crippen LogP contribution in [0.2, 0.25) is 5.02 Å². The quantitative estimate of drug-likeness (QED) is 0.549. The molecule has 2 aliphatic heterocycles. The van der Waals surface area contributed by atoms with Gasteiger partial charge in [0, 0.05) is 35.6 Å². The van der Waals surface area contributed by atoms with Crippen molar-refractivity contribution >= 4 is 35.0 Å². The maximum atomic E-state index is 13.1. The molecule has 1 fully saturated rings. The molecule has 1 aromatic heterocycles. The molecule has 3 amide bonds. The minimum Gasteiger partial charge on any atom is -0.456 e. The summed E-state index contributed by atoms with van der Waals surface area (Å²) in [4.78, 5) is 48.2. The number of halogens is 1. The van der Waals surface area contributed by atoms with Crippen molar-refractivity contribution in [2.45, 2.75) is 12.6 Å². The minimum atomic E-state index is -0.742. The molecule has 1 atom stereocenters. The van der Waals surface area contributed by atoms with Crippen LogP contribution in [0.15, 0.2) is 55.0 Å². The Morgan fingerprint density at radius 3 is 2.72 bits per heavy atom. The van der Waals surface area contributed by atoms with Gasteiger partial charge in [0.05, 0.1) is 19.5 Å². The highest BCUT2D eigenvalue weighted by molar-refractivity contribution is 6.33. The topological polar surface area (TPSA) is 131 Å². The number of rotatable bonds is 4. The van der Waals surface area contributed by atoms with Gasteiger partial charge in [0.1, 0.15) is 11.9 Å². The summed E-state index contributed by atoms with van der Waals surface area (Å²) in [7, 11) is 0. The van der Waals surface area contributed by atoms with E-state index in [1.54, 1.807) is 11.0 Å². The molecule has 0 spiro atoms. The summed E-state index contributed by atoms with van der Waals surface area (Å²) in [6.07, 6.45) is 2.14. The number of nitrogens with zero attached hydrogens (tertiary/aromatic N) is 4. The average molecular weight is 507 g/mol. The van der Waals surface area contributed by atoms with Gasteiger partial charge < -0.3 is 19.9 Å². The molecule has 0 radical (unpaired) electrons. The van der Waals surface area contributed by atoms with Crippen molar-refractivity contribution in [2.75, 3.05) is 31.1 Å². The molecular formula is C25H23ClN6O4. The zero-order chi connectivity index (χ0) is 25.2. The number of anilines is 1. The lowest BCUT2D eigenvalue weighted by atomic mass is 10.0. The lowest BCUT2D eigenvalue weighted by molar-refractivity contribution is -0.137. The number of fused-ring (bicyclic) bond motifs is 1. The van der Waals surface area contributed by atoms with Crippen molar-refractivity contribution in [3.05, 3.63) is 71.1 Å². The second-order valence-electron chi connectivity index (χ2n) is 8.52. The first-order valence-corrected chi connectivity index (χ1v) is 11.7. The highest BCUT2D eigenvalue weighted by Crippen LogP contribution is 2.32. The Hall–Kier alpha value is -4.02. The van der Waals surface area contributed by atoms with Crippen LogP contribution in [-0.4, -0.2) is 65.0 Å². The van der Waals surface area contributed by atoms with E-state index < -0.39 is 6.23 Å². The summed E-state index contributed by atoms with van der Waals surface area (Å²) in [5.41, 5.74) is 9.33. The van der Waals surface area contributed by atoms with Crippen LogP contribution >= 0.6 is 11.6 Å². The molecule has 10 nitrogen and oxygen atoms in total. The Morgan fingerprint density at radius 2 is 1.97 bits per heavy atom. The van der Waals surface area contributed by atoms with Crippen LogP contribution in [0.1, 0.15) is 15.9 Å². The van der Waals surface area contributed by atoms with Gasteiger partial charge >= 0.3 is 0 Å². The minimum absolute atomic E-state index is 0.0756. The third-order valence-electron chi connectivity index (χ3n) is 6.05. The number of hydrogen-bond donors (Lipinski definition) is 2. The van der Waals surface area contributed by atoms with Gasteiger partial charge in [-0.25, -0.2) is 9.97 Å². The molecule has 0 bridgehead atoms. The highest BCUT2D eigenvalue weighted by Gasteiger charge is 2.29. The summed E-state index contributed by atoms with van der Waals surface area (Å²) < 4.78 is 5.57. The number of amides is 3. The van der Waals surface area contributed by atoms with Crippen LogP contribution < -0.4 is 20.7 Å². The van der Waals surface area contributed by atoms with Gasteiger partial charge in [0.25, 0.3) is 5.91 Å². The monoisotopic (exact) mass is 506 g/mol. The zero-order valence-corrected chi connectivity index (χ0v) is 19.9. The molecule has 11 heteroatoms. The number of ether oxygens (including phenoxy) is 1. The maximum Gasteiger partial charge on any atom is 0.265 e. The van der Waals surface area contributed by atoms with Crippen molar-refractivity contribution < 1.29 is 19.1 Å². The van der Waals surface area contributed by atoms with Crippen molar-refractivity contribution in [3.63, 3.8) is 0 Å². The predicted octanol–water partition coefficient (Wildman–Crippen LogP) is 1.62. The van der Waals surface area contributed by atoms with Crippen molar-refractivity contribution in [1.29, 1.82) is 0 Å². The third kappa shape index (κ3) is 4.86. The predicted molar refractivity (Wildman–Crippen MR) is 132 cm³/mol. The smallest absolute Gasteiger partial charge is 0.265 e. The molecule has 0 aliphatic carbocycles. The van der Waals surface area contributed by atoms with E-state index in [2.05, 4.69) is 15.3 Å². The van der Waals surface area contributed by atoms with Gasteiger partial charge in [-0.1, -0.05) is 35.9 Å². The number of carbonyl (C=O) groups excluding carboxylic acids is 3. The standard InChI is InChI=1S/C25H23ClN6O4/c26-20-9-15(10-23(34)31-8-7-29-22(33)13-31)1-6-18(20)16-2-4-17(5-3-16)32-12-21(27)36-24-19(25(32)35)11-28-14-30-24/h1-6,9,11,14,21H,7-8,10,12-13,27H2,(H,29,33). The van der Waals surface area contributed by atoms with E-state index >= 15 is 0 Å². The summed E-state index contributed by atoms with van der Waals surface area (Å²) in [6.45, 7) is 1.18. The molecule has 1 unspecified atom stereocenters. The van der Waals surface area contributed by atoms with Crippen molar-refractivity contribution in [2.24, 2.45) is 5.73 Å². The molecule has 5 rings (SSSR count). The Balaban J connectivity index is 1.32. The first kappa shape index (κ1) is 23.7. The zero-order valence-electron chi connectivity index (χ0n) is 19.2. The molecule has 36 heavy (non-hydrogen) atoms. The Morgan fingerprint density at radius 1 is 1.17 bits per heavy atom. The average Bonchev–Trinajstić information content (AvgIpc) is 3.00. The van der Waals surface area contributed by atoms with Gasteiger partial charge in [-0.3, -0.25) is 20.1 Å². The van der Waals surface area contributed by atoms with E-state index in [4.69, 9.17) is 22.1 Å². The van der Waals surface area contributed by atoms with Gasteiger partial charge in [0.2, 0.25) is 17.7 Å². The van der Waals surface area contributed by atoms with E-state index in [0.717, 1.165) is 16.7 Å². The fraction of sp³-hybridized carbons (Fsp3) is 0.240. The van der Waals surface area contributed by atoms with Crippen LogP contribution in [0.3, 0.4) is 0 Å². The highest BCUT2D eigenvalue weighted by atomic mass is 35.5. The van der Waals surface area contributed by atoms with Crippen molar-refractivity contribution in [1.82, 2.24) is 20.2 Å². The molecule has 3 heterocycles. The second kappa shape index (κ2) is 9.92. The first-order chi connectivity index (χ1) is 17.4. The van der Waals surface area contributed by atoms with E-state index in [1.807, 2.05) is 36.4 Å². The summed E-state index contributed by atoms with van der Waals surface area (Å²) >= 11 is 6.56. The lowest BCUT2D eigenvalue weighted by Gasteiger charge is -2.26. The number of hydrogen-bond acceptors (Lipinski definition) is 7. The van der Waals surface area contributed by atoms with Crippen LogP contribution in [0.25, 0.3) is 11.1 Å². The second-order valence-corrected chi connectivity index (χ2v) is 8.92. The maximum absolute atomic E-state index is 13.1. The molecule has 0 saturated carbocycles. The lowest BCUT2D eigenvalue weighted by Crippen LogP contribution is -2.50. The number of piperazine rings is 1. The van der Waals surface area contributed by atoms with Gasteiger partial charge in [-0.05, 0) is 29.3 Å². The van der Waals surface area contributed by atoms with Gasteiger partial charge in [0.15, 0.2) is 6.23 Å². The fourth-order valence-electron chi connectivity index (χ4n) is 4.23. The summed E-state index contributed by atoms with van der Waals surface area (Å²) in [6, 6.07) is 12.8. The number of benzene rings is 2. The normalized spacial score (nSPS) is 17.7. The molecule has 3 N–H and O–H groups in total. The first-order valence-electron chi connectivity index (χ1n) is 11.4.